The number of hydrogen-bond acceptors (Lipinski definition) is 5. The average Bonchev–Trinajstić information content (AvgIpc) is 2.49. The number of carbonyl (C=O) groups is 3. The highest BCUT2D eigenvalue weighted by Crippen LogP contribution is 2.16. The fourth-order valence-corrected chi connectivity index (χ4v) is 2.55. The van der Waals surface area contributed by atoms with Gasteiger partial charge in [-0.1, -0.05) is 12.1 Å². The largest absolute Gasteiger partial charge is 0.454 e. The number of nitrogens with one attached hydrogen (secondary N) is 1. The molecule has 0 aromatic heterocycles. The molecule has 0 radical (unpaired) electrons. The van der Waals surface area contributed by atoms with Crippen LogP contribution in [0, 0.1) is 0 Å². The molecule has 22 heavy (non-hydrogen) atoms. The number of nitrogens with two attached hydrogens (primary N) is 1. The van der Waals surface area contributed by atoms with E-state index in [4.69, 9.17) is 10.5 Å². The molecule has 6 nitrogen and oxygen atoms in total. The highest BCUT2D eigenvalue weighted by Gasteiger charge is 2.23. The fraction of sp³-hybridized carbons (Fsp3) is 0.357. The molecule has 0 aliphatic carbocycles. The van der Waals surface area contributed by atoms with Gasteiger partial charge >= 0.3 is 5.97 Å². The van der Waals surface area contributed by atoms with E-state index >= 15 is 0 Å². The lowest BCUT2D eigenvalue weighted by atomic mass is 10.1. The molecule has 0 fully saturated rings. The van der Waals surface area contributed by atoms with Crippen molar-refractivity contribution in [3.63, 3.8) is 0 Å². The zero-order valence-electron chi connectivity index (χ0n) is 12.0. The molecule has 0 unspecified atom stereocenters. The number of halogens is 1. The van der Waals surface area contributed by atoms with Gasteiger partial charge in [0.1, 0.15) is 6.04 Å². The molecule has 0 spiro atoms. The van der Waals surface area contributed by atoms with Crippen LogP contribution in [-0.4, -0.2) is 42.4 Å². The maximum atomic E-state index is 12.2. The van der Waals surface area contributed by atoms with Crippen molar-refractivity contribution in [2.24, 2.45) is 5.73 Å². The van der Waals surface area contributed by atoms with Crippen LogP contribution < -0.4 is 11.1 Å². The molecule has 0 heterocycles. The Morgan fingerprint density at radius 1 is 1.36 bits per heavy atom. The lowest BCUT2D eigenvalue weighted by molar-refractivity contribution is -0.149. The molecular formula is C14H17BrN2O4S. The maximum Gasteiger partial charge on any atom is 0.329 e. The van der Waals surface area contributed by atoms with Crippen LogP contribution in [0.5, 0.6) is 0 Å². The zero-order chi connectivity index (χ0) is 16.5. The third kappa shape index (κ3) is 6.07. The quantitative estimate of drug-likeness (QED) is 0.654. The summed E-state index contributed by atoms with van der Waals surface area (Å²) in [5.74, 6) is -1.15. The molecule has 1 aromatic carbocycles. The second-order valence-electron chi connectivity index (χ2n) is 4.36. The number of thioether (sulfide) groups is 1. The number of hydrogen-bond donors (Lipinski definition) is 2. The van der Waals surface area contributed by atoms with Gasteiger partial charge in [0.2, 0.25) is 0 Å². The molecule has 0 aliphatic heterocycles. The summed E-state index contributed by atoms with van der Waals surface area (Å²) in [5.41, 5.74) is 5.36. The molecule has 120 valence electrons. The number of rotatable bonds is 8. The summed E-state index contributed by atoms with van der Waals surface area (Å²) in [6, 6.07) is 6.05. The van der Waals surface area contributed by atoms with Crippen LogP contribution >= 0.6 is 27.7 Å². The van der Waals surface area contributed by atoms with E-state index in [0.29, 0.717) is 22.2 Å². The van der Waals surface area contributed by atoms with Gasteiger partial charge < -0.3 is 15.8 Å². The third-order valence-corrected chi connectivity index (χ3v) is 4.01. The maximum absolute atomic E-state index is 12.2. The van der Waals surface area contributed by atoms with Crippen molar-refractivity contribution in [1.82, 2.24) is 5.32 Å². The smallest absolute Gasteiger partial charge is 0.329 e. The summed E-state index contributed by atoms with van der Waals surface area (Å²) < 4.78 is 5.41. The Hall–Kier alpha value is -1.54. The molecule has 2 amide bonds. The van der Waals surface area contributed by atoms with Crippen LogP contribution in [0.4, 0.5) is 0 Å². The van der Waals surface area contributed by atoms with Gasteiger partial charge in [-0.05, 0) is 46.5 Å². The first-order valence-electron chi connectivity index (χ1n) is 6.45. The molecular weight excluding hydrogens is 372 g/mol. The van der Waals surface area contributed by atoms with Gasteiger partial charge in [-0.25, -0.2) is 4.79 Å². The Morgan fingerprint density at radius 2 is 2.05 bits per heavy atom. The number of benzene rings is 1. The third-order valence-electron chi connectivity index (χ3n) is 2.68. The topological polar surface area (TPSA) is 98.5 Å². The predicted molar refractivity (Wildman–Crippen MR) is 88.5 cm³/mol. The van der Waals surface area contributed by atoms with Gasteiger partial charge in [0.15, 0.2) is 6.61 Å². The Bertz CT molecular complexity index is 553. The number of carbonyl (C=O) groups excluding carboxylic acids is 3. The van der Waals surface area contributed by atoms with Gasteiger partial charge in [0, 0.05) is 4.47 Å². The minimum Gasteiger partial charge on any atom is -0.454 e. The molecule has 0 saturated heterocycles. The summed E-state index contributed by atoms with van der Waals surface area (Å²) >= 11 is 4.82. The molecule has 1 rings (SSSR count). The second kappa shape index (κ2) is 9.47. The summed E-state index contributed by atoms with van der Waals surface area (Å²) in [4.78, 5) is 34.8. The normalized spacial score (nSPS) is 11.5. The summed E-state index contributed by atoms with van der Waals surface area (Å²) in [7, 11) is 0. The van der Waals surface area contributed by atoms with Crippen LogP contribution in [0.3, 0.4) is 0 Å². The fourth-order valence-electron chi connectivity index (χ4n) is 1.61. The lowest BCUT2D eigenvalue weighted by Crippen LogP contribution is -2.43. The van der Waals surface area contributed by atoms with Gasteiger partial charge in [-0.3, -0.25) is 9.59 Å². The van der Waals surface area contributed by atoms with E-state index in [0.717, 1.165) is 0 Å². The molecule has 0 saturated carbocycles. The first-order chi connectivity index (χ1) is 10.5. The van der Waals surface area contributed by atoms with Crippen molar-refractivity contribution in [3.05, 3.63) is 34.3 Å². The van der Waals surface area contributed by atoms with Crippen molar-refractivity contribution in [1.29, 1.82) is 0 Å². The Kier molecular flexibility index (Phi) is 7.97. The molecule has 1 atom stereocenters. The molecule has 0 bridgehead atoms. The van der Waals surface area contributed by atoms with Crippen LogP contribution in [0.1, 0.15) is 16.8 Å². The van der Waals surface area contributed by atoms with Crippen molar-refractivity contribution < 1.29 is 19.1 Å². The molecule has 0 aliphatic rings. The Balaban J connectivity index is 2.75. The van der Waals surface area contributed by atoms with Crippen LogP contribution in [0.15, 0.2) is 28.7 Å². The summed E-state index contributed by atoms with van der Waals surface area (Å²) in [5, 5.41) is 2.62. The highest BCUT2D eigenvalue weighted by atomic mass is 79.9. The SMILES string of the molecule is CSCC[C@H](NC(=O)c1ccccc1Br)C(=O)OCC(N)=O. The van der Waals surface area contributed by atoms with Crippen molar-refractivity contribution in [2.75, 3.05) is 18.6 Å². The standard InChI is InChI=1S/C14H17BrN2O4S/c1-22-7-6-11(14(20)21-8-12(16)18)17-13(19)9-4-2-3-5-10(9)15/h2-5,11H,6-8H2,1H3,(H2,16,18)(H,17,19)/t11-/m0/s1. The average molecular weight is 389 g/mol. The summed E-state index contributed by atoms with van der Waals surface area (Å²) in [6.07, 6.45) is 2.29. The van der Waals surface area contributed by atoms with Crippen molar-refractivity contribution in [2.45, 2.75) is 12.5 Å². The van der Waals surface area contributed by atoms with E-state index in [9.17, 15) is 14.4 Å². The number of amides is 2. The number of esters is 1. The van der Waals surface area contributed by atoms with E-state index in [1.807, 2.05) is 6.26 Å². The zero-order valence-corrected chi connectivity index (χ0v) is 14.4. The van der Waals surface area contributed by atoms with E-state index in [1.165, 1.54) is 11.8 Å². The summed E-state index contributed by atoms with van der Waals surface area (Å²) in [6.45, 7) is -0.500. The Labute approximate surface area is 141 Å². The van der Waals surface area contributed by atoms with Gasteiger partial charge in [-0.15, -0.1) is 0 Å². The van der Waals surface area contributed by atoms with E-state index in [2.05, 4.69) is 21.2 Å². The lowest BCUT2D eigenvalue weighted by Gasteiger charge is -2.17. The minimum atomic E-state index is -0.827. The van der Waals surface area contributed by atoms with Gasteiger partial charge in [0.05, 0.1) is 5.56 Å². The van der Waals surface area contributed by atoms with E-state index < -0.39 is 30.4 Å². The molecule has 3 N–H and O–H groups in total. The van der Waals surface area contributed by atoms with E-state index in [1.54, 1.807) is 24.3 Å². The number of primary amides is 1. The first-order valence-corrected chi connectivity index (χ1v) is 8.63. The van der Waals surface area contributed by atoms with E-state index in [-0.39, 0.29) is 0 Å². The van der Waals surface area contributed by atoms with Crippen molar-refractivity contribution in [3.8, 4) is 0 Å². The van der Waals surface area contributed by atoms with Crippen molar-refractivity contribution >= 4 is 45.5 Å². The molecule has 1 aromatic rings. The van der Waals surface area contributed by atoms with Crippen LogP contribution in [0.2, 0.25) is 0 Å². The Morgan fingerprint density at radius 3 is 2.64 bits per heavy atom. The first kappa shape index (κ1) is 18.5. The van der Waals surface area contributed by atoms with Crippen LogP contribution in [0.25, 0.3) is 0 Å². The highest BCUT2D eigenvalue weighted by molar-refractivity contribution is 9.10. The van der Waals surface area contributed by atoms with Gasteiger partial charge in [0.25, 0.3) is 11.8 Å². The van der Waals surface area contributed by atoms with Crippen LogP contribution in [-0.2, 0) is 14.3 Å². The monoisotopic (exact) mass is 388 g/mol. The molecule has 8 heteroatoms. The minimum absolute atomic E-state index is 0.394. The number of ether oxygens (including phenoxy) is 1. The second-order valence-corrected chi connectivity index (χ2v) is 6.20. The van der Waals surface area contributed by atoms with Gasteiger partial charge in [-0.2, -0.15) is 11.8 Å². The predicted octanol–water partition coefficient (Wildman–Crippen LogP) is 1.33.